The summed E-state index contributed by atoms with van der Waals surface area (Å²) < 4.78 is 13.1. The number of nitrogens with zero attached hydrogens (tertiary/aromatic N) is 1. The van der Waals surface area contributed by atoms with Crippen LogP contribution in [0.4, 0.5) is 4.39 Å². The molecule has 0 aromatic carbocycles. The van der Waals surface area contributed by atoms with Crippen molar-refractivity contribution < 1.29 is 4.39 Å². The smallest absolute Gasteiger partial charge is 0.116 e. The van der Waals surface area contributed by atoms with Gasteiger partial charge in [0.25, 0.3) is 0 Å². The summed E-state index contributed by atoms with van der Waals surface area (Å²) in [7, 11) is 1.98. The van der Waals surface area contributed by atoms with Crippen molar-refractivity contribution in [3.05, 3.63) is 0 Å². The molecular formula is C8H16FN. The van der Waals surface area contributed by atoms with Crippen LogP contribution in [0, 0.1) is 5.92 Å². The van der Waals surface area contributed by atoms with Crippen LogP contribution in [0.15, 0.2) is 0 Å². The number of hydrogen-bond acceptors (Lipinski definition) is 1. The van der Waals surface area contributed by atoms with Crippen LogP contribution >= 0.6 is 0 Å². The van der Waals surface area contributed by atoms with E-state index in [4.69, 9.17) is 0 Å². The van der Waals surface area contributed by atoms with Crippen LogP contribution in [0.1, 0.15) is 19.8 Å². The zero-order valence-corrected chi connectivity index (χ0v) is 6.81. The first-order chi connectivity index (χ1) is 4.74. The maximum Gasteiger partial charge on any atom is 0.116 e. The van der Waals surface area contributed by atoms with E-state index >= 15 is 0 Å². The minimum Gasteiger partial charge on any atom is -0.303 e. The quantitative estimate of drug-likeness (QED) is 0.542. The van der Waals surface area contributed by atoms with Crippen molar-refractivity contribution in [1.82, 2.24) is 4.90 Å². The summed E-state index contributed by atoms with van der Waals surface area (Å²) in [6.07, 6.45) is 1.45. The standard InChI is InChI=1S/C8H16FN/c1-3-7-4-5-10(2)6-8(7)9/h7-8H,3-6H2,1-2H3/t7?,8-/m1/s1. The van der Waals surface area contributed by atoms with E-state index in [1.165, 1.54) is 0 Å². The Morgan fingerprint density at radius 1 is 1.60 bits per heavy atom. The molecule has 1 heterocycles. The summed E-state index contributed by atoms with van der Waals surface area (Å²) >= 11 is 0. The number of alkyl halides is 1. The van der Waals surface area contributed by atoms with Crippen LogP contribution in [0.5, 0.6) is 0 Å². The van der Waals surface area contributed by atoms with Gasteiger partial charge < -0.3 is 4.90 Å². The molecule has 1 rings (SSSR count). The highest BCUT2D eigenvalue weighted by atomic mass is 19.1. The minimum absolute atomic E-state index is 0.330. The van der Waals surface area contributed by atoms with Gasteiger partial charge in [0.1, 0.15) is 6.17 Å². The highest BCUT2D eigenvalue weighted by molar-refractivity contribution is 4.77. The van der Waals surface area contributed by atoms with Gasteiger partial charge >= 0.3 is 0 Å². The zero-order valence-electron chi connectivity index (χ0n) is 6.81. The average Bonchev–Trinajstić information content (AvgIpc) is 1.88. The molecule has 0 aromatic heterocycles. The summed E-state index contributed by atoms with van der Waals surface area (Å²) in [5, 5.41) is 0. The second-order valence-electron chi connectivity index (χ2n) is 3.24. The van der Waals surface area contributed by atoms with Crippen molar-refractivity contribution in [2.75, 3.05) is 20.1 Å². The highest BCUT2D eigenvalue weighted by Crippen LogP contribution is 2.21. The van der Waals surface area contributed by atoms with E-state index in [0.29, 0.717) is 12.5 Å². The van der Waals surface area contributed by atoms with Crippen LogP contribution in [0.25, 0.3) is 0 Å². The molecule has 1 saturated heterocycles. The van der Waals surface area contributed by atoms with Gasteiger partial charge in [-0.3, -0.25) is 0 Å². The Hall–Kier alpha value is -0.110. The summed E-state index contributed by atoms with van der Waals surface area (Å²) in [4.78, 5) is 2.07. The molecule has 1 nitrogen and oxygen atoms in total. The number of likely N-dealkylation sites (tertiary alicyclic amines) is 1. The molecule has 2 atom stereocenters. The molecule has 0 aliphatic carbocycles. The van der Waals surface area contributed by atoms with E-state index in [0.717, 1.165) is 19.4 Å². The van der Waals surface area contributed by atoms with Gasteiger partial charge in [-0.1, -0.05) is 13.3 Å². The Morgan fingerprint density at radius 2 is 2.30 bits per heavy atom. The van der Waals surface area contributed by atoms with E-state index in [-0.39, 0.29) is 0 Å². The number of piperidine rings is 1. The van der Waals surface area contributed by atoms with Crippen molar-refractivity contribution in [3.63, 3.8) is 0 Å². The van der Waals surface area contributed by atoms with Crippen molar-refractivity contribution in [3.8, 4) is 0 Å². The van der Waals surface area contributed by atoms with Gasteiger partial charge in [0, 0.05) is 6.54 Å². The second-order valence-corrected chi connectivity index (χ2v) is 3.24. The third-order valence-corrected chi connectivity index (χ3v) is 2.40. The Morgan fingerprint density at radius 3 is 2.80 bits per heavy atom. The first-order valence-electron chi connectivity index (χ1n) is 4.06. The van der Waals surface area contributed by atoms with E-state index < -0.39 is 6.17 Å². The fourth-order valence-electron chi connectivity index (χ4n) is 1.57. The monoisotopic (exact) mass is 145 g/mol. The molecule has 1 aliphatic heterocycles. The predicted octanol–water partition coefficient (Wildman–Crippen LogP) is 1.69. The number of halogens is 1. The molecule has 0 saturated carbocycles. The lowest BCUT2D eigenvalue weighted by Gasteiger charge is -2.31. The molecular weight excluding hydrogens is 129 g/mol. The first kappa shape index (κ1) is 7.99. The maximum atomic E-state index is 13.1. The van der Waals surface area contributed by atoms with Crippen LogP contribution in [0.3, 0.4) is 0 Å². The molecule has 1 aliphatic rings. The summed E-state index contributed by atoms with van der Waals surface area (Å²) in [5.41, 5.74) is 0. The molecule has 0 radical (unpaired) electrons. The average molecular weight is 145 g/mol. The fraction of sp³-hybridized carbons (Fsp3) is 1.00. The SMILES string of the molecule is CCC1CCN(C)C[C@H]1F. The minimum atomic E-state index is -0.580. The van der Waals surface area contributed by atoms with Crippen LogP contribution in [-0.4, -0.2) is 31.2 Å². The lowest BCUT2D eigenvalue weighted by Crippen LogP contribution is -2.39. The first-order valence-corrected chi connectivity index (χ1v) is 4.06. The van der Waals surface area contributed by atoms with E-state index in [1.807, 2.05) is 7.05 Å². The Balaban J connectivity index is 2.36. The fourth-order valence-corrected chi connectivity index (χ4v) is 1.57. The van der Waals surface area contributed by atoms with Crippen molar-refractivity contribution >= 4 is 0 Å². The Labute approximate surface area is 62.2 Å². The topological polar surface area (TPSA) is 3.24 Å². The van der Waals surface area contributed by atoms with Gasteiger partial charge in [0.05, 0.1) is 0 Å². The summed E-state index contributed by atoms with van der Waals surface area (Å²) in [6, 6.07) is 0. The Kier molecular flexibility index (Phi) is 2.66. The second kappa shape index (κ2) is 3.33. The van der Waals surface area contributed by atoms with Gasteiger partial charge in [0.2, 0.25) is 0 Å². The van der Waals surface area contributed by atoms with Gasteiger partial charge in [-0.05, 0) is 25.9 Å². The lowest BCUT2D eigenvalue weighted by atomic mass is 9.93. The summed E-state index contributed by atoms with van der Waals surface area (Å²) in [6.45, 7) is 3.78. The van der Waals surface area contributed by atoms with Crippen molar-refractivity contribution in [2.24, 2.45) is 5.92 Å². The molecule has 0 bridgehead atoms. The molecule has 0 spiro atoms. The van der Waals surface area contributed by atoms with E-state index in [9.17, 15) is 4.39 Å². The molecule has 1 fully saturated rings. The third-order valence-electron chi connectivity index (χ3n) is 2.40. The number of hydrogen-bond donors (Lipinski definition) is 0. The molecule has 60 valence electrons. The highest BCUT2D eigenvalue weighted by Gasteiger charge is 2.25. The van der Waals surface area contributed by atoms with Gasteiger partial charge in [-0.25, -0.2) is 4.39 Å². The lowest BCUT2D eigenvalue weighted by molar-refractivity contribution is 0.100. The maximum absolute atomic E-state index is 13.1. The molecule has 0 aromatic rings. The van der Waals surface area contributed by atoms with Crippen LogP contribution in [0.2, 0.25) is 0 Å². The predicted molar refractivity (Wildman–Crippen MR) is 40.8 cm³/mol. The van der Waals surface area contributed by atoms with Crippen molar-refractivity contribution in [1.29, 1.82) is 0 Å². The van der Waals surface area contributed by atoms with Gasteiger partial charge in [0.15, 0.2) is 0 Å². The van der Waals surface area contributed by atoms with E-state index in [2.05, 4.69) is 11.8 Å². The largest absolute Gasteiger partial charge is 0.303 e. The normalized spacial score (nSPS) is 36.3. The van der Waals surface area contributed by atoms with Crippen LogP contribution < -0.4 is 0 Å². The summed E-state index contributed by atoms with van der Waals surface area (Å²) in [5.74, 6) is 0.330. The Bertz CT molecular complexity index is 105. The zero-order chi connectivity index (χ0) is 7.56. The van der Waals surface area contributed by atoms with Gasteiger partial charge in [-0.15, -0.1) is 0 Å². The molecule has 0 N–H and O–H groups in total. The molecule has 1 unspecified atom stereocenters. The van der Waals surface area contributed by atoms with E-state index in [1.54, 1.807) is 0 Å². The van der Waals surface area contributed by atoms with Crippen molar-refractivity contribution in [2.45, 2.75) is 25.9 Å². The van der Waals surface area contributed by atoms with Crippen LogP contribution in [-0.2, 0) is 0 Å². The number of rotatable bonds is 1. The van der Waals surface area contributed by atoms with Gasteiger partial charge in [-0.2, -0.15) is 0 Å². The molecule has 2 heteroatoms. The molecule has 0 amide bonds. The third kappa shape index (κ3) is 1.69. The molecule has 10 heavy (non-hydrogen) atoms.